The maximum Gasteiger partial charge on any atom is 0.115 e. The molecule has 0 saturated carbocycles. The molecule has 1 aromatic rings. The third-order valence-corrected chi connectivity index (χ3v) is 3.11. The van der Waals surface area contributed by atoms with Gasteiger partial charge in [-0.2, -0.15) is 0 Å². The smallest absolute Gasteiger partial charge is 0.115 e. The van der Waals surface area contributed by atoms with E-state index in [4.69, 9.17) is 0 Å². The van der Waals surface area contributed by atoms with Gasteiger partial charge in [0.15, 0.2) is 0 Å². The van der Waals surface area contributed by atoms with E-state index in [9.17, 15) is 5.11 Å². The molecule has 1 N–H and O–H groups in total. The van der Waals surface area contributed by atoms with Gasteiger partial charge in [0, 0.05) is 0 Å². The molecule has 0 heterocycles. The summed E-state index contributed by atoms with van der Waals surface area (Å²) in [4.78, 5) is 0. The Morgan fingerprint density at radius 2 is 1.59 bits per heavy atom. The molecule has 0 aromatic heterocycles. The predicted octanol–water partition coefficient (Wildman–Crippen LogP) is 5.16. The minimum Gasteiger partial charge on any atom is -0.508 e. The molecule has 0 saturated heterocycles. The number of allylic oxidation sites excluding steroid dienone is 1. The van der Waals surface area contributed by atoms with Crippen molar-refractivity contribution in [1.82, 2.24) is 0 Å². The zero-order valence-electron chi connectivity index (χ0n) is 10.9. The molecule has 94 valence electrons. The molecule has 0 bridgehead atoms. The lowest BCUT2D eigenvalue weighted by Crippen LogP contribution is -1.84. The van der Waals surface area contributed by atoms with Crippen LogP contribution in [0.15, 0.2) is 30.8 Å². The largest absolute Gasteiger partial charge is 0.508 e. The van der Waals surface area contributed by atoms with Gasteiger partial charge >= 0.3 is 0 Å². The molecule has 0 aliphatic rings. The van der Waals surface area contributed by atoms with E-state index in [1.807, 2.05) is 12.1 Å². The molecule has 0 aliphatic carbocycles. The van der Waals surface area contributed by atoms with Crippen LogP contribution < -0.4 is 0 Å². The zero-order valence-corrected chi connectivity index (χ0v) is 10.9. The first-order valence-electron chi connectivity index (χ1n) is 6.71. The summed E-state index contributed by atoms with van der Waals surface area (Å²) in [6.07, 6.45) is 8.97. The van der Waals surface area contributed by atoms with Gasteiger partial charge in [0.25, 0.3) is 0 Å². The second-order valence-corrected chi connectivity index (χ2v) is 4.67. The fraction of sp³-hybridized carbons (Fsp3) is 0.500. The molecule has 1 nitrogen and oxygen atoms in total. The lowest BCUT2D eigenvalue weighted by Gasteiger charge is -2.06. The van der Waals surface area contributed by atoms with Crippen molar-refractivity contribution in [2.24, 2.45) is 0 Å². The molecular weight excluding hydrogens is 208 g/mol. The third-order valence-electron chi connectivity index (χ3n) is 3.11. The van der Waals surface area contributed by atoms with Crippen LogP contribution >= 0.6 is 0 Å². The summed E-state index contributed by atoms with van der Waals surface area (Å²) >= 11 is 0. The Morgan fingerprint density at radius 1 is 1.00 bits per heavy atom. The number of phenols is 1. The maximum absolute atomic E-state index is 9.21. The van der Waals surface area contributed by atoms with Crippen molar-refractivity contribution in [3.05, 3.63) is 36.4 Å². The van der Waals surface area contributed by atoms with Crippen LogP contribution in [-0.2, 0) is 0 Å². The monoisotopic (exact) mass is 232 g/mol. The minimum absolute atomic E-state index is 0.320. The Hall–Kier alpha value is -1.24. The van der Waals surface area contributed by atoms with E-state index in [0.717, 1.165) is 12.0 Å². The van der Waals surface area contributed by atoms with Crippen molar-refractivity contribution in [3.8, 4) is 5.75 Å². The standard InChI is InChI=1S/C16H24O/c1-3-4-5-6-7-8-9-14(2)15-10-12-16(17)13-11-15/h10-13,17H,2-9H2,1H3. The fourth-order valence-electron chi connectivity index (χ4n) is 1.96. The van der Waals surface area contributed by atoms with Crippen LogP contribution in [0.25, 0.3) is 5.57 Å². The van der Waals surface area contributed by atoms with Crippen LogP contribution in [0, 0.1) is 0 Å². The van der Waals surface area contributed by atoms with Crippen LogP contribution in [0.1, 0.15) is 57.4 Å². The van der Waals surface area contributed by atoms with Crippen LogP contribution in [0.5, 0.6) is 5.75 Å². The Morgan fingerprint density at radius 3 is 2.24 bits per heavy atom. The summed E-state index contributed by atoms with van der Waals surface area (Å²) in [5, 5.41) is 9.21. The quantitative estimate of drug-likeness (QED) is 0.614. The number of unbranched alkanes of at least 4 members (excludes halogenated alkanes) is 5. The van der Waals surface area contributed by atoms with Gasteiger partial charge in [-0.1, -0.05) is 57.7 Å². The first-order chi connectivity index (χ1) is 8.24. The number of aromatic hydroxyl groups is 1. The van der Waals surface area contributed by atoms with E-state index in [-0.39, 0.29) is 0 Å². The van der Waals surface area contributed by atoms with Gasteiger partial charge in [-0.15, -0.1) is 0 Å². The molecule has 1 heteroatoms. The first-order valence-corrected chi connectivity index (χ1v) is 6.71. The summed E-state index contributed by atoms with van der Waals surface area (Å²) in [7, 11) is 0. The van der Waals surface area contributed by atoms with Gasteiger partial charge in [0.2, 0.25) is 0 Å². The second kappa shape index (κ2) is 7.94. The Kier molecular flexibility index (Phi) is 6.46. The van der Waals surface area contributed by atoms with Crippen LogP contribution in [-0.4, -0.2) is 5.11 Å². The summed E-state index contributed by atoms with van der Waals surface area (Å²) in [5.41, 5.74) is 2.33. The Balaban J connectivity index is 2.19. The molecule has 0 spiro atoms. The van der Waals surface area contributed by atoms with E-state index < -0.39 is 0 Å². The number of hydrogen-bond acceptors (Lipinski definition) is 1. The molecule has 0 aliphatic heterocycles. The average Bonchev–Trinajstić information content (AvgIpc) is 2.34. The molecule has 1 aromatic carbocycles. The molecule has 17 heavy (non-hydrogen) atoms. The highest BCUT2D eigenvalue weighted by Gasteiger charge is 1.99. The third kappa shape index (κ3) is 5.58. The van der Waals surface area contributed by atoms with E-state index >= 15 is 0 Å². The summed E-state index contributed by atoms with van der Waals surface area (Å²) in [6, 6.07) is 7.33. The SMILES string of the molecule is C=C(CCCCCCCC)c1ccc(O)cc1. The van der Waals surface area contributed by atoms with Gasteiger partial charge in [-0.3, -0.25) is 0 Å². The highest BCUT2D eigenvalue weighted by molar-refractivity contribution is 5.63. The molecule has 0 fully saturated rings. The summed E-state index contributed by atoms with van der Waals surface area (Å²) < 4.78 is 0. The van der Waals surface area contributed by atoms with Gasteiger partial charge in [0.1, 0.15) is 5.75 Å². The molecule has 0 amide bonds. The normalized spacial score (nSPS) is 10.4. The van der Waals surface area contributed by atoms with Crippen LogP contribution in [0.2, 0.25) is 0 Å². The highest BCUT2D eigenvalue weighted by Crippen LogP contribution is 2.21. The highest BCUT2D eigenvalue weighted by atomic mass is 16.3. The minimum atomic E-state index is 0.320. The van der Waals surface area contributed by atoms with E-state index in [1.54, 1.807) is 12.1 Å². The van der Waals surface area contributed by atoms with Gasteiger partial charge < -0.3 is 5.11 Å². The van der Waals surface area contributed by atoms with Crippen molar-refractivity contribution in [3.63, 3.8) is 0 Å². The number of hydrogen-bond donors (Lipinski definition) is 1. The molecular formula is C16H24O. The van der Waals surface area contributed by atoms with Crippen LogP contribution in [0.3, 0.4) is 0 Å². The Bertz CT molecular complexity index is 324. The number of benzene rings is 1. The molecule has 0 unspecified atom stereocenters. The van der Waals surface area contributed by atoms with Crippen molar-refractivity contribution >= 4 is 5.57 Å². The molecule has 0 atom stereocenters. The number of phenolic OH excluding ortho intramolecular Hbond substituents is 1. The van der Waals surface area contributed by atoms with E-state index in [2.05, 4.69) is 13.5 Å². The molecule has 1 rings (SSSR count). The Labute approximate surface area is 105 Å². The van der Waals surface area contributed by atoms with E-state index in [1.165, 1.54) is 44.1 Å². The predicted molar refractivity (Wildman–Crippen MR) is 75.1 cm³/mol. The zero-order chi connectivity index (χ0) is 12.5. The van der Waals surface area contributed by atoms with Crippen LogP contribution in [0.4, 0.5) is 0 Å². The van der Waals surface area contributed by atoms with Crippen molar-refractivity contribution in [2.45, 2.75) is 51.9 Å². The van der Waals surface area contributed by atoms with Crippen molar-refractivity contribution in [2.75, 3.05) is 0 Å². The lowest BCUT2D eigenvalue weighted by atomic mass is 10.0. The summed E-state index contributed by atoms with van der Waals surface area (Å²) in [6.45, 7) is 6.35. The van der Waals surface area contributed by atoms with Crippen molar-refractivity contribution in [1.29, 1.82) is 0 Å². The lowest BCUT2D eigenvalue weighted by molar-refractivity contribution is 0.475. The number of rotatable bonds is 8. The summed E-state index contributed by atoms with van der Waals surface area (Å²) in [5.74, 6) is 0.320. The van der Waals surface area contributed by atoms with Gasteiger partial charge in [-0.25, -0.2) is 0 Å². The fourth-order valence-corrected chi connectivity index (χ4v) is 1.96. The molecule has 0 radical (unpaired) electrons. The average molecular weight is 232 g/mol. The maximum atomic E-state index is 9.21. The van der Waals surface area contributed by atoms with E-state index in [0.29, 0.717) is 5.75 Å². The van der Waals surface area contributed by atoms with Gasteiger partial charge in [-0.05, 0) is 36.1 Å². The topological polar surface area (TPSA) is 20.2 Å². The van der Waals surface area contributed by atoms with Crippen molar-refractivity contribution < 1.29 is 5.11 Å². The van der Waals surface area contributed by atoms with Gasteiger partial charge in [0.05, 0.1) is 0 Å². The second-order valence-electron chi connectivity index (χ2n) is 4.67. The first kappa shape index (κ1) is 13.8.